The molecule has 0 aliphatic carbocycles. The van der Waals surface area contributed by atoms with Gasteiger partial charge in [-0.05, 0) is 31.2 Å². The highest BCUT2D eigenvalue weighted by Crippen LogP contribution is 2.31. The van der Waals surface area contributed by atoms with Gasteiger partial charge in [0.05, 0.1) is 14.6 Å². The van der Waals surface area contributed by atoms with Crippen LogP contribution in [0.5, 0.6) is 0 Å². The number of thiazole rings is 1. The number of fused-ring (bicyclic) bond motifs is 1. The van der Waals surface area contributed by atoms with E-state index in [0.29, 0.717) is 15.7 Å². The van der Waals surface area contributed by atoms with Gasteiger partial charge in [-0.15, -0.1) is 0 Å². The molecule has 2 aromatic carbocycles. The molecule has 1 aromatic heterocycles. The number of benzene rings is 2. The lowest BCUT2D eigenvalue weighted by molar-refractivity contribution is 0.601. The first-order valence-electron chi connectivity index (χ1n) is 6.10. The highest BCUT2D eigenvalue weighted by molar-refractivity contribution is 7.93. The van der Waals surface area contributed by atoms with Crippen LogP contribution in [0.1, 0.15) is 5.56 Å². The fourth-order valence-electron chi connectivity index (χ4n) is 1.85. The highest BCUT2D eigenvalue weighted by Gasteiger charge is 2.16. The minimum atomic E-state index is -3.64. The lowest BCUT2D eigenvalue weighted by Gasteiger charge is -2.04. The Morgan fingerprint density at radius 1 is 1.14 bits per heavy atom. The summed E-state index contributed by atoms with van der Waals surface area (Å²) in [6.45, 7) is 1.90. The van der Waals surface area contributed by atoms with E-state index in [2.05, 4.69) is 9.71 Å². The second kappa shape index (κ2) is 5.29. The maximum Gasteiger partial charge on any atom is 0.263 e. The van der Waals surface area contributed by atoms with Crippen LogP contribution in [0.2, 0.25) is 5.02 Å². The van der Waals surface area contributed by atoms with Crippen LogP contribution in [0, 0.1) is 6.92 Å². The number of nitrogens with zero attached hydrogens (tertiary/aromatic N) is 1. The Hall–Kier alpha value is -1.63. The maximum atomic E-state index is 12.3. The molecule has 0 fully saturated rings. The predicted molar refractivity (Wildman–Crippen MR) is 86.6 cm³/mol. The minimum absolute atomic E-state index is 0.207. The van der Waals surface area contributed by atoms with Crippen LogP contribution in [0.3, 0.4) is 0 Å². The third-order valence-corrected chi connectivity index (χ3v) is 5.65. The second-order valence-electron chi connectivity index (χ2n) is 4.52. The normalized spacial score (nSPS) is 11.7. The van der Waals surface area contributed by atoms with Crippen molar-refractivity contribution < 1.29 is 8.42 Å². The van der Waals surface area contributed by atoms with Gasteiger partial charge in [-0.2, -0.15) is 0 Å². The molecule has 3 aromatic rings. The van der Waals surface area contributed by atoms with E-state index in [0.717, 1.165) is 10.3 Å². The Balaban J connectivity index is 1.97. The van der Waals surface area contributed by atoms with Gasteiger partial charge in [0.15, 0.2) is 5.13 Å². The van der Waals surface area contributed by atoms with Crippen molar-refractivity contribution in [1.29, 1.82) is 0 Å². The predicted octanol–water partition coefficient (Wildman–Crippen LogP) is 4.06. The number of sulfonamides is 1. The molecule has 0 aliphatic rings. The van der Waals surface area contributed by atoms with Gasteiger partial charge >= 0.3 is 0 Å². The zero-order chi connectivity index (χ0) is 15.0. The van der Waals surface area contributed by atoms with E-state index in [1.54, 1.807) is 36.4 Å². The molecule has 0 saturated heterocycles. The van der Waals surface area contributed by atoms with E-state index in [9.17, 15) is 8.42 Å². The standard InChI is InChI=1S/C14H11ClN2O2S2/c1-9-5-7-10(8-6-9)21(18,19)17-14-16-13-11(15)3-2-4-12(13)20-14/h2-8H,1H3,(H,16,17). The number of halogens is 1. The fourth-order valence-corrected chi connectivity index (χ4v) is 4.25. The lowest BCUT2D eigenvalue weighted by atomic mass is 10.2. The molecule has 0 amide bonds. The molecular formula is C14H11ClN2O2S2. The van der Waals surface area contributed by atoms with Crippen LogP contribution in [-0.4, -0.2) is 13.4 Å². The molecule has 7 heteroatoms. The maximum absolute atomic E-state index is 12.3. The van der Waals surface area contributed by atoms with Crippen LogP contribution < -0.4 is 4.72 Å². The van der Waals surface area contributed by atoms with Gasteiger partial charge in [0, 0.05) is 0 Å². The van der Waals surface area contributed by atoms with E-state index in [-0.39, 0.29) is 4.90 Å². The Bertz CT molecular complexity index is 902. The minimum Gasteiger partial charge on any atom is -0.255 e. The first-order valence-corrected chi connectivity index (χ1v) is 8.78. The van der Waals surface area contributed by atoms with Crippen LogP contribution in [-0.2, 0) is 10.0 Å². The number of anilines is 1. The number of hydrogen-bond acceptors (Lipinski definition) is 4. The molecule has 4 nitrogen and oxygen atoms in total. The monoisotopic (exact) mass is 338 g/mol. The number of aromatic nitrogens is 1. The molecule has 0 saturated carbocycles. The largest absolute Gasteiger partial charge is 0.263 e. The molecule has 1 N–H and O–H groups in total. The molecule has 0 unspecified atom stereocenters. The van der Waals surface area contributed by atoms with Gasteiger partial charge in [0.1, 0.15) is 5.52 Å². The van der Waals surface area contributed by atoms with Crippen LogP contribution in [0.15, 0.2) is 47.4 Å². The van der Waals surface area contributed by atoms with Gasteiger partial charge in [-0.1, -0.05) is 46.7 Å². The molecule has 1 heterocycles. The molecule has 0 radical (unpaired) electrons. The van der Waals surface area contributed by atoms with Crippen molar-refractivity contribution >= 4 is 48.3 Å². The quantitative estimate of drug-likeness (QED) is 0.783. The Labute approximate surface area is 131 Å². The molecule has 0 spiro atoms. The van der Waals surface area contributed by atoms with Crippen LogP contribution in [0.25, 0.3) is 10.2 Å². The topological polar surface area (TPSA) is 59.1 Å². The summed E-state index contributed by atoms with van der Waals surface area (Å²) >= 11 is 7.29. The van der Waals surface area contributed by atoms with Crippen molar-refractivity contribution in [2.75, 3.05) is 4.72 Å². The van der Waals surface area contributed by atoms with Crippen molar-refractivity contribution in [3.05, 3.63) is 53.1 Å². The summed E-state index contributed by atoms with van der Waals surface area (Å²) in [6, 6.07) is 12.0. The van der Waals surface area contributed by atoms with Crippen molar-refractivity contribution in [3.63, 3.8) is 0 Å². The zero-order valence-corrected chi connectivity index (χ0v) is 13.4. The van der Waals surface area contributed by atoms with Crippen molar-refractivity contribution in [2.24, 2.45) is 0 Å². The highest BCUT2D eigenvalue weighted by atomic mass is 35.5. The van der Waals surface area contributed by atoms with Crippen molar-refractivity contribution in [2.45, 2.75) is 11.8 Å². The third kappa shape index (κ3) is 2.88. The van der Waals surface area contributed by atoms with Gasteiger partial charge < -0.3 is 0 Å². The van der Waals surface area contributed by atoms with Gasteiger partial charge in [-0.3, -0.25) is 4.72 Å². The van der Waals surface area contributed by atoms with E-state index in [1.165, 1.54) is 11.3 Å². The van der Waals surface area contributed by atoms with E-state index < -0.39 is 10.0 Å². The van der Waals surface area contributed by atoms with Gasteiger partial charge in [0.2, 0.25) is 0 Å². The molecule has 0 bridgehead atoms. The summed E-state index contributed by atoms with van der Waals surface area (Å²) in [6.07, 6.45) is 0. The van der Waals surface area contributed by atoms with Crippen LogP contribution in [0.4, 0.5) is 5.13 Å². The third-order valence-electron chi connectivity index (χ3n) is 2.92. The smallest absolute Gasteiger partial charge is 0.255 e. The lowest BCUT2D eigenvalue weighted by Crippen LogP contribution is -2.12. The average Bonchev–Trinajstić information content (AvgIpc) is 2.82. The summed E-state index contributed by atoms with van der Waals surface area (Å²) < 4.78 is 27.9. The molecule has 108 valence electrons. The van der Waals surface area contributed by atoms with Crippen LogP contribution >= 0.6 is 22.9 Å². The first kappa shape index (κ1) is 14.3. The van der Waals surface area contributed by atoms with E-state index in [1.807, 2.05) is 13.0 Å². The van der Waals surface area contributed by atoms with E-state index >= 15 is 0 Å². The number of para-hydroxylation sites is 1. The second-order valence-corrected chi connectivity index (χ2v) is 7.64. The molecule has 3 rings (SSSR count). The van der Waals surface area contributed by atoms with Crippen molar-refractivity contribution in [3.8, 4) is 0 Å². The number of nitrogens with one attached hydrogen (secondary N) is 1. The summed E-state index contributed by atoms with van der Waals surface area (Å²) in [5.74, 6) is 0. The SMILES string of the molecule is Cc1ccc(S(=O)(=O)Nc2nc3c(Cl)cccc3s2)cc1. The Kier molecular flexibility index (Phi) is 3.61. The zero-order valence-electron chi connectivity index (χ0n) is 11.0. The molecular weight excluding hydrogens is 328 g/mol. The first-order chi connectivity index (χ1) is 9.95. The van der Waals surface area contributed by atoms with Gasteiger partial charge in [0.25, 0.3) is 10.0 Å². The molecule has 0 aliphatic heterocycles. The summed E-state index contributed by atoms with van der Waals surface area (Å²) in [4.78, 5) is 4.44. The van der Waals surface area contributed by atoms with Gasteiger partial charge in [-0.25, -0.2) is 13.4 Å². The fraction of sp³-hybridized carbons (Fsp3) is 0.0714. The Morgan fingerprint density at radius 3 is 2.52 bits per heavy atom. The number of aryl methyl sites for hydroxylation is 1. The molecule has 0 atom stereocenters. The Morgan fingerprint density at radius 2 is 1.86 bits per heavy atom. The summed E-state index contributed by atoms with van der Waals surface area (Å²) in [7, 11) is -3.64. The number of hydrogen-bond donors (Lipinski definition) is 1. The summed E-state index contributed by atoms with van der Waals surface area (Å²) in [5, 5.41) is 0.809. The summed E-state index contributed by atoms with van der Waals surface area (Å²) in [5.41, 5.74) is 1.60. The van der Waals surface area contributed by atoms with Crippen molar-refractivity contribution in [1.82, 2.24) is 4.98 Å². The number of rotatable bonds is 3. The molecule has 21 heavy (non-hydrogen) atoms. The average molecular weight is 339 g/mol. The van der Waals surface area contributed by atoms with E-state index in [4.69, 9.17) is 11.6 Å².